The van der Waals surface area contributed by atoms with Crippen LogP contribution in [0.5, 0.6) is 23.0 Å². The molecule has 0 bridgehead atoms. The lowest BCUT2D eigenvalue weighted by atomic mass is 10.1. The van der Waals surface area contributed by atoms with Crippen LogP contribution >= 0.6 is 0 Å². The molecule has 0 radical (unpaired) electrons. The van der Waals surface area contributed by atoms with Gasteiger partial charge in [-0.25, -0.2) is 0 Å². The normalized spacial score (nSPS) is 12.4. The number of benzene rings is 2. The van der Waals surface area contributed by atoms with Crippen molar-refractivity contribution in [3.63, 3.8) is 0 Å². The van der Waals surface area contributed by atoms with E-state index in [2.05, 4.69) is 5.32 Å². The van der Waals surface area contributed by atoms with Crippen LogP contribution in [0.25, 0.3) is 0 Å². The summed E-state index contributed by atoms with van der Waals surface area (Å²) in [7, 11) is 3.12. The fraction of sp³-hybridized carbons (Fsp3) is 0.235. The molecule has 1 aliphatic heterocycles. The average molecular weight is 315 g/mol. The second-order valence-corrected chi connectivity index (χ2v) is 4.89. The lowest BCUT2D eigenvalue weighted by Gasteiger charge is -2.21. The SMILES string of the molecule is COc1ccc(NC(=O)c2cc(OC)c3c(c2)OCCO3)cc1. The predicted molar refractivity (Wildman–Crippen MR) is 84.9 cm³/mol. The Balaban J connectivity index is 1.83. The van der Waals surface area contributed by atoms with Crippen molar-refractivity contribution in [3.05, 3.63) is 42.0 Å². The van der Waals surface area contributed by atoms with Crippen LogP contribution in [0, 0.1) is 0 Å². The number of methoxy groups -OCH3 is 2. The third-order valence-electron chi connectivity index (χ3n) is 3.44. The van der Waals surface area contributed by atoms with E-state index in [4.69, 9.17) is 18.9 Å². The first kappa shape index (κ1) is 15.0. The molecule has 6 nitrogen and oxygen atoms in total. The molecule has 0 atom stereocenters. The molecule has 23 heavy (non-hydrogen) atoms. The van der Waals surface area contributed by atoms with E-state index in [-0.39, 0.29) is 5.91 Å². The summed E-state index contributed by atoms with van der Waals surface area (Å²) < 4.78 is 21.4. The quantitative estimate of drug-likeness (QED) is 0.940. The van der Waals surface area contributed by atoms with E-state index in [1.807, 2.05) is 0 Å². The van der Waals surface area contributed by atoms with Gasteiger partial charge in [0.25, 0.3) is 5.91 Å². The van der Waals surface area contributed by atoms with Crippen molar-refractivity contribution in [3.8, 4) is 23.0 Å². The Bertz CT molecular complexity index is 694. The van der Waals surface area contributed by atoms with Gasteiger partial charge in [0, 0.05) is 11.3 Å². The Hall–Kier alpha value is -2.89. The Morgan fingerprint density at radius 3 is 2.48 bits per heavy atom. The van der Waals surface area contributed by atoms with Gasteiger partial charge in [0.1, 0.15) is 19.0 Å². The number of hydrogen-bond acceptors (Lipinski definition) is 5. The maximum Gasteiger partial charge on any atom is 0.255 e. The van der Waals surface area contributed by atoms with Crippen LogP contribution in [0.2, 0.25) is 0 Å². The molecular weight excluding hydrogens is 298 g/mol. The molecule has 120 valence electrons. The summed E-state index contributed by atoms with van der Waals surface area (Å²) in [5.74, 6) is 1.98. The fourth-order valence-electron chi connectivity index (χ4n) is 2.28. The van der Waals surface area contributed by atoms with Crippen LogP contribution in [0.1, 0.15) is 10.4 Å². The smallest absolute Gasteiger partial charge is 0.255 e. The van der Waals surface area contributed by atoms with Gasteiger partial charge in [-0.3, -0.25) is 4.79 Å². The number of amides is 1. The largest absolute Gasteiger partial charge is 0.497 e. The lowest BCUT2D eigenvalue weighted by molar-refractivity contribution is 0.102. The van der Waals surface area contributed by atoms with Gasteiger partial charge in [-0.15, -0.1) is 0 Å². The summed E-state index contributed by atoms with van der Waals surface area (Å²) in [6.07, 6.45) is 0. The van der Waals surface area contributed by atoms with E-state index in [0.717, 1.165) is 5.75 Å². The fourth-order valence-corrected chi connectivity index (χ4v) is 2.28. The summed E-state index contributed by atoms with van der Waals surface area (Å²) in [6, 6.07) is 10.4. The monoisotopic (exact) mass is 315 g/mol. The van der Waals surface area contributed by atoms with Gasteiger partial charge in [-0.1, -0.05) is 0 Å². The third-order valence-corrected chi connectivity index (χ3v) is 3.44. The molecule has 0 aliphatic carbocycles. The van der Waals surface area contributed by atoms with Crippen LogP contribution < -0.4 is 24.3 Å². The number of rotatable bonds is 4. The predicted octanol–water partition coefficient (Wildman–Crippen LogP) is 2.73. The number of carbonyl (C=O) groups is 1. The summed E-state index contributed by atoms with van der Waals surface area (Å²) >= 11 is 0. The first-order valence-corrected chi connectivity index (χ1v) is 7.14. The van der Waals surface area contributed by atoms with Crippen molar-refractivity contribution in [1.82, 2.24) is 0 Å². The minimum absolute atomic E-state index is 0.259. The Labute approximate surface area is 133 Å². The highest BCUT2D eigenvalue weighted by Gasteiger charge is 2.20. The zero-order valence-corrected chi connectivity index (χ0v) is 12.9. The van der Waals surface area contributed by atoms with Gasteiger partial charge in [0.15, 0.2) is 11.5 Å². The topological polar surface area (TPSA) is 66.0 Å². The molecule has 0 saturated heterocycles. The highest BCUT2D eigenvalue weighted by molar-refractivity contribution is 6.05. The summed E-state index contributed by atoms with van der Waals surface area (Å²) in [4.78, 5) is 12.4. The molecule has 0 fully saturated rings. The van der Waals surface area contributed by atoms with Crippen LogP contribution in [0.3, 0.4) is 0 Å². The number of carbonyl (C=O) groups excluding carboxylic acids is 1. The second-order valence-electron chi connectivity index (χ2n) is 4.89. The molecule has 0 spiro atoms. The molecule has 1 amide bonds. The van der Waals surface area contributed by atoms with Crippen molar-refractivity contribution in [2.45, 2.75) is 0 Å². The first-order chi connectivity index (χ1) is 11.2. The van der Waals surface area contributed by atoms with Gasteiger partial charge < -0.3 is 24.3 Å². The van der Waals surface area contributed by atoms with Crippen molar-refractivity contribution in [1.29, 1.82) is 0 Å². The molecule has 2 aromatic carbocycles. The standard InChI is InChI=1S/C17H17NO5/c1-20-13-5-3-12(4-6-13)18-17(19)11-9-14(21-2)16-15(10-11)22-7-8-23-16/h3-6,9-10H,7-8H2,1-2H3,(H,18,19). The first-order valence-electron chi connectivity index (χ1n) is 7.14. The van der Waals surface area contributed by atoms with E-state index >= 15 is 0 Å². The maximum absolute atomic E-state index is 12.4. The molecular formula is C17H17NO5. The van der Waals surface area contributed by atoms with Crippen molar-refractivity contribution in [2.24, 2.45) is 0 Å². The van der Waals surface area contributed by atoms with Crippen LogP contribution in [0.15, 0.2) is 36.4 Å². The average Bonchev–Trinajstić information content (AvgIpc) is 2.61. The van der Waals surface area contributed by atoms with E-state index in [0.29, 0.717) is 41.7 Å². The third kappa shape index (κ3) is 3.15. The Morgan fingerprint density at radius 1 is 1.04 bits per heavy atom. The number of anilines is 1. The molecule has 0 unspecified atom stereocenters. The van der Waals surface area contributed by atoms with Gasteiger partial charge in [0.2, 0.25) is 5.75 Å². The Morgan fingerprint density at radius 2 is 1.78 bits per heavy atom. The highest BCUT2D eigenvalue weighted by Crippen LogP contribution is 2.40. The number of nitrogens with one attached hydrogen (secondary N) is 1. The molecule has 1 N–H and O–H groups in total. The number of fused-ring (bicyclic) bond motifs is 1. The molecule has 2 aromatic rings. The molecule has 0 aromatic heterocycles. The van der Waals surface area contributed by atoms with Crippen LogP contribution in [0.4, 0.5) is 5.69 Å². The molecule has 0 saturated carbocycles. The lowest BCUT2D eigenvalue weighted by Crippen LogP contribution is -2.18. The van der Waals surface area contributed by atoms with E-state index in [1.54, 1.807) is 43.5 Å². The number of ether oxygens (including phenoxy) is 4. The number of hydrogen-bond donors (Lipinski definition) is 1. The van der Waals surface area contributed by atoms with Gasteiger partial charge in [-0.2, -0.15) is 0 Å². The van der Waals surface area contributed by atoms with Gasteiger partial charge >= 0.3 is 0 Å². The van der Waals surface area contributed by atoms with Gasteiger partial charge in [-0.05, 0) is 36.4 Å². The summed E-state index contributed by atoms with van der Waals surface area (Å²) in [6.45, 7) is 0.903. The molecule has 1 aliphatic rings. The van der Waals surface area contributed by atoms with Crippen LogP contribution in [-0.2, 0) is 0 Å². The molecule has 3 rings (SSSR count). The summed E-state index contributed by atoms with van der Waals surface area (Å²) in [5, 5.41) is 2.82. The second kappa shape index (κ2) is 6.48. The van der Waals surface area contributed by atoms with Crippen molar-refractivity contribution < 1.29 is 23.7 Å². The van der Waals surface area contributed by atoms with Crippen LogP contribution in [-0.4, -0.2) is 33.3 Å². The zero-order chi connectivity index (χ0) is 16.2. The van der Waals surface area contributed by atoms with E-state index < -0.39 is 0 Å². The maximum atomic E-state index is 12.4. The van der Waals surface area contributed by atoms with Gasteiger partial charge in [0.05, 0.1) is 14.2 Å². The Kier molecular flexibility index (Phi) is 4.23. The summed E-state index contributed by atoms with van der Waals surface area (Å²) in [5.41, 5.74) is 1.10. The minimum atomic E-state index is -0.259. The van der Waals surface area contributed by atoms with Crippen molar-refractivity contribution in [2.75, 3.05) is 32.8 Å². The van der Waals surface area contributed by atoms with Crippen molar-refractivity contribution >= 4 is 11.6 Å². The minimum Gasteiger partial charge on any atom is -0.497 e. The highest BCUT2D eigenvalue weighted by atomic mass is 16.6. The van der Waals surface area contributed by atoms with E-state index in [1.165, 1.54) is 7.11 Å². The van der Waals surface area contributed by atoms with E-state index in [9.17, 15) is 4.79 Å². The zero-order valence-electron chi connectivity index (χ0n) is 12.9. The molecule has 6 heteroatoms. The molecule has 1 heterocycles.